The Morgan fingerprint density at radius 1 is 0.967 bits per heavy atom. The molecular formula is C22H26N2O6. The highest BCUT2D eigenvalue weighted by Crippen LogP contribution is 2.14. The van der Waals surface area contributed by atoms with Gasteiger partial charge in [-0.1, -0.05) is 24.3 Å². The summed E-state index contributed by atoms with van der Waals surface area (Å²) in [5.41, 5.74) is -0.0647. The van der Waals surface area contributed by atoms with Crippen molar-refractivity contribution in [3.63, 3.8) is 0 Å². The molecular weight excluding hydrogens is 388 g/mol. The van der Waals surface area contributed by atoms with Crippen molar-refractivity contribution in [3.05, 3.63) is 60.2 Å². The highest BCUT2D eigenvalue weighted by atomic mass is 16.6. The first-order chi connectivity index (χ1) is 14.2. The first kappa shape index (κ1) is 22.7. The topological polar surface area (TPSA) is 103 Å². The van der Waals surface area contributed by atoms with Crippen molar-refractivity contribution in [3.8, 4) is 5.75 Å². The lowest BCUT2D eigenvalue weighted by atomic mass is 10.2. The summed E-state index contributed by atoms with van der Waals surface area (Å²) in [5, 5.41) is 5.15. The Morgan fingerprint density at radius 2 is 1.70 bits per heavy atom. The second-order valence-corrected chi connectivity index (χ2v) is 7.30. The van der Waals surface area contributed by atoms with Gasteiger partial charge in [0.05, 0.1) is 12.1 Å². The summed E-state index contributed by atoms with van der Waals surface area (Å²) in [6.07, 6.45) is -0.634. The minimum Gasteiger partial charge on any atom is -0.492 e. The number of anilines is 1. The van der Waals surface area contributed by atoms with Crippen LogP contribution < -0.4 is 15.4 Å². The highest BCUT2D eigenvalue weighted by molar-refractivity contribution is 5.93. The van der Waals surface area contributed by atoms with E-state index in [4.69, 9.17) is 14.2 Å². The van der Waals surface area contributed by atoms with Crippen molar-refractivity contribution in [2.24, 2.45) is 0 Å². The van der Waals surface area contributed by atoms with Crippen LogP contribution in [0.15, 0.2) is 54.6 Å². The fourth-order valence-electron chi connectivity index (χ4n) is 2.29. The van der Waals surface area contributed by atoms with Crippen LogP contribution >= 0.6 is 0 Å². The van der Waals surface area contributed by atoms with E-state index in [0.717, 1.165) is 0 Å². The molecule has 2 aromatic rings. The van der Waals surface area contributed by atoms with Gasteiger partial charge in [-0.3, -0.25) is 10.1 Å². The molecule has 2 rings (SSSR count). The maximum Gasteiger partial charge on any atom is 0.412 e. The second-order valence-electron chi connectivity index (χ2n) is 7.30. The zero-order chi connectivity index (χ0) is 22.0. The number of esters is 1. The standard InChI is InChI=1S/C22H26N2O6/c1-22(2,3)30-21(27)24-17-9-7-8-16(14-17)20(26)29-15-19(25)23-12-13-28-18-10-5-4-6-11-18/h4-11,14H,12-13,15H2,1-3H3,(H,23,25)(H,24,27). The molecule has 2 N–H and O–H groups in total. The van der Waals surface area contributed by atoms with E-state index in [0.29, 0.717) is 18.0 Å². The van der Waals surface area contributed by atoms with Crippen LogP contribution in [0.25, 0.3) is 0 Å². The van der Waals surface area contributed by atoms with E-state index in [9.17, 15) is 14.4 Å². The largest absolute Gasteiger partial charge is 0.492 e. The number of hydrogen-bond acceptors (Lipinski definition) is 6. The predicted octanol–water partition coefficient (Wildman–Crippen LogP) is 3.39. The fraction of sp³-hybridized carbons (Fsp3) is 0.318. The maximum absolute atomic E-state index is 12.2. The van der Waals surface area contributed by atoms with E-state index < -0.39 is 30.2 Å². The lowest BCUT2D eigenvalue weighted by molar-refractivity contribution is -0.124. The van der Waals surface area contributed by atoms with Gasteiger partial charge in [-0.15, -0.1) is 0 Å². The average Bonchev–Trinajstić information content (AvgIpc) is 2.69. The molecule has 0 saturated carbocycles. The summed E-state index contributed by atoms with van der Waals surface area (Å²) in [5.74, 6) is -0.417. The van der Waals surface area contributed by atoms with Gasteiger partial charge in [-0.2, -0.15) is 0 Å². The van der Waals surface area contributed by atoms with Crippen LogP contribution in [-0.2, 0) is 14.3 Å². The molecule has 0 bridgehead atoms. The van der Waals surface area contributed by atoms with E-state index in [1.807, 2.05) is 30.3 Å². The number of amides is 2. The van der Waals surface area contributed by atoms with Crippen LogP contribution in [0, 0.1) is 0 Å². The summed E-state index contributed by atoms with van der Waals surface area (Å²) in [4.78, 5) is 35.8. The van der Waals surface area contributed by atoms with Crippen molar-refractivity contribution in [1.29, 1.82) is 0 Å². The smallest absolute Gasteiger partial charge is 0.412 e. The van der Waals surface area contributed by atoms with Crippen LogP contribution in [0.3, 0.4) is 0 Å². The Balaban J connectivity index is 1.73. The minimum atomic E-state index is -0.682. The first-order valence-corrected chi connectivity index (χ1v) is 9.45. The zero-order valence-corrected chi connectivity index (χ0v) is 17.3. The Hall–Kier alpha value is -3.55. The van der Waals surface area contributed by atoms with Crippen LogP contribution in [0.4, 0.5) is 10.5 Å². The quantitative estimate of drug-likeness (QED) is 0.507. The highest BCUT2D eigenvalue weighted by Gasteiger charge is 2.17. The van der Waals surface area contributed by atoms with Gasteiger partial charge < -0.3 is 19.5 Å². The summed E-state index contributed by atoms with van der Waals surface area (Å²) in [6.45, 7) is 5.40. The summed E-state index contributed by atoms with van der Waals surface area (Å²) < 4.78 is 15.6. The zero-order valence-electron chi connectivity index (χ0n) is 17.3. The number of hydrogen-bond donors (Lipinski definition) is 2. The van der Waals surface area contributed by atoms with Gasteiger partial charge in [0.15, 0.2) is 6.61 Å². The Bertz CT molecular complexity index is 861. The monoisotopic (exact) mass is 414 g/mol. The van der Waals surface area contributed by atoms with E-state index in [1.165, 1.54) is 12.1 Å². The van der Waals surface area contributed by atoms with Crippen molar-refractivity contribution >= 4 is 23.7 Å². The molecule has 0 fully saturated rings. The normalized spacial score (nSPS) is 10.6. The van der Waals surface area contributed by atoms with Crippen molar-refractivity contribution in [2.45, 2.75) is 26.4 Å². The van der Waals surface area contributed by atoms with Gasteiger partial charge in [-0.05, 0) is 51.1 Å². The fourth-order valence-corrected chi connectivity index (χ4v) is 2.29. The second kappa shape index (κ2) is 10.8. The molecule has 0 aromatic heterocycles. The SMILES string of the molecule is CC(C)(C)OC(=O)Nc1cccc(C(=O)OCC(=O)NCCOc2ccccc2)c1. The van der Waals surface area contributed by atoms with Gasteiger partial charge in [0.25, 0.3) is 5.91 Å². The Morgan fingerprint density at radius 3 is 2.40 bits per heavy atom. The average molecular weight is 414 g/mol. The number of rotatable bonds is 8. The van der Waals surface area contributed by atoms with Gasteiger partial charge in [0.2, 0.25) is 0 Å². The predicted molar refractivity (Wildman–Crippen MR) is 112 cm³/mol. The summed E-state index contributed by atoms with van der Waals surface area (Å²) >= 11 is 0. The molecule has 0 spiro atoms. The van der Waals surface area contributed by atoms with Gasteiger partial charge >= 0.3 is 12.1 Å². The van der Waals surface area contributed by atoms with Crippen molar-refractivity contribution in [2.75, 3.05) is 25.1 Å². The lowest BCUT2D eigenvalue weighted by Crippen LogP contribution is -2.32. The molecule has 0 unspecified atom stereocenters. The van der Waals surface area contributed by atoms with Crippen LogP contribution in [-0.4, -0.2) is 43.3 Å². The molecule has 8 nitrogen and oxygen atoms in total. The molecule has 2 amide bonds. The number of benzene rings is 2. The number of para-hydroxylation sites is 1. The summed E-state index contributed by atoms with van der Waals surface area (Å²) in [6, 6.07) is 15.4. The van der Waals surface area contributed by atoms with Crippen molar-refractivity contribution < 1.29 is 28.6 Å². The van der Waals surface area contributed by atoms with E-state index in [1.54, 1.807) is 32.9 Å². The van der Waals surface area contributed by atoms with Crippen LogP contribution in [0.5, 0.6) is 5.75 Å². The number of carbonyl (C=O) groups excluding carboxylic acids is 3. The number of nitrogens with one attached hydrogen (secondary N) is 2. The third-order valence-electron chi connectivity index (χ3n) is 3.51. The van der Waals surface area contributed by atoms with Crippen molar-refractivity contribution in [1.82, 2.24) is 5.32 Å². The molecule has 0 atom stereocenters. The van der Waals surface area contributed by atoms with E-state index >= 15 is 0 Å². The maximum atomic E-state index is 12.2. The molecule has 8 heteroatoms. The van der Waals surface area contributed by atoms with E-state index in [2.05, 4.69) is 10.6 Å². The molecule has 0 aliphatic carbocycles. The number of ether oxygens (including phenoxy) is 3. The molecule has 0 heterocycles. The molecule has 0 saturated heterocycles. The third-order valence-corrected chi connectivity index (χ3v) is 3.51. The van der Waals surface area contributed by atoms with Crippen LogP contribution in [0.1, 0.15) is 31.1 Å². The molecule has 160 valence electrons. The molecule has 0 aliphatic rings. The lowest BCUT2D eigenvalue weighted by Gasteiger charge is -2.19. The summed E-state index contributed by atoms with van der Waals surface area (Å²) in [7, 11) is 0. The Kier molecular flexibility index (Phi) is 8.22. The van der Waals surface area contributed by atoms with Gasteiger partial charge in [-0.25, -0.2) is 9.59 Å². The van der Waals surface area contributed by atoms with Crippen LogP contribution in [0.2, 0.25) is 0 Å². The molecule has 0 aliphatic heterocycles. The molecule has 2 aromatic carbocycles. The van der Waals surface area contributed by atoms with E-state index in [-0.39, 0.29) is 12.1 Å². The third kappa shape index (κ3) is 8.64. The van der Waals surface area contributed by atoms with Gasteiger partial charge in [0.1, 0.15) is 18.0 Å². The minimum absolute atomic E-state index is 0.198. The molecule has 30 heavy (non-hydrogen) atoms. The van der Waals surface area contributed by atoms with Gasteiger partial charge in [0, 0.05) is 5.69 Å². The first-order valence-electron chi connectivity index (χ1n) is 9.45. The Labute approximate surface area is 175 Å². The number of carbonyl (C=O) groups is 3. The molecule has 0 radical (unpaired) electrons.